The smallest absolute Gasteiger partial charge is 0.200 e. The van der Waals surface area contributed by atoms with Crippen molar-refractivity contribution >= 4 is 17.0 Å². The summed E-state index contributed by atoms with van der Waals surface area (Å²) in [7, 11) is 3.55. The van der Waals surface area contributed by atoms with Crippen molar-refractivity contribution in [2.75, 3.05) is 12.8 Å². The number of nitrogens with zero attached hydrogens (tertiary/aromatic N) is 2. The first-order valence-corrected chi connectivity index (χ1v) is 4.40. The third kappa shape index (κ3) is 1.11. The van der Waals surface area contributed by atoms with E-state index >= 15 is 0 Å². The van der Waals surface area contributed by atoms with Crippen LogP contribution >= 0.6 is 0 Å². The number of ether oxygens (including phenoxy) is 1. The van der Waals surface area contributed by atoms with Crippen LogP contribution in [0.25, 0.3) is 11.0 Å². The van der Waals surface area contributed by atoms with Crippen LogP contribution < -0.4 is 10.5 Å². The fourth-order valence-electron chi connectivity index (χ4n) is 1.56. The zero-order valence-electron chi connectivity index (χ0n) is 8.53. The maximum Gasteiger partial charge on any atom is 0.200 e. The Morgan fingerprint density at radius 2 is 2.14 bits per heavy atom. The van der Waals surface area contributed by atoms with E-state index in [4.69, 9.17) is 10.5 Å². The Morgan fingerprint density at radius 1 is 1.43 bits per heavy atom. The van der Waals surface area contributed by atoms with Crippen LogP contribution in [-0.2, 0) is 7.05 Å². The largest absolute Gasteiger partial charge is 0.496 e. The quantitative estimate of drug-likeness (QED) is 0.742. The van der Waals surface area contributed by atoms with Gasteiger partial charge in [0, 0.05) is 13.1 Å². The van der Waals surface area contributed by atoms with Crippen molar-refractivity contribution in [2.45, 2.75) is 6.92 Å². The first kappa shape index (κ1) is 8.87. The summed E-state index contributed by atoms with van der Waals surface area (Å²) in [5.41, 5.74) is 8.67. The molecule has 4 nitrogen and oxygen atoms in total. The molecule has 0 bridgehead atoms. The highest BCUT2D eigenvalue weighted by Crippen LogP contribution is 2.25. The van der Waals surface area contributed by atoms with Gasteiger partial charge in [0.15, 0.2) is 0 Å². The molecule has 0 aliphatic carbocycles. The molecule has 0 spiro atoms. The SMILES string of the molecule is COc1cc2c(cc1C)nc(N)n2C. The Hall–Kier alpha value is -1.71. The molecular formula is C10H13N3O. The molecule has 4 heteroatoms. The van der Waals surface area contributed by atoms with Gasteiger partial charge < -0.3 is 15.0 Å². The summed E-state index contributed by atoms with van der Waals surface area (Å²) in [6, 6.07) is 3.93. The van der Waals surface area contributed by atoms with Crippen molar-refractivity contribution in [3.8, 4) is 5.75 Å². The predicted molar refractivity (Wildman–Crippen MR) is 56.4 cm³/mol. The minimum absolute atomic E-state index is 0.521. The molecule has 0 amide bonds. The summed E-state index contributed by atoms with van der Waals surface area (Å²) < 4.78 is 7.08. The van der Waals surface area contributed by atoms with Crippen LogP contribution in [0.3, 0.4) is 0 Å². The molecule has 0 aliphatic rings. The van der Waals surface area contributed by atoms with E-state index in [2.05, 4.69) is 4.98 Å². The normalized spacial score (nSPS) is 10.8. The highest BCUT2D eigenvalue weighted by atomic mass is 16.5. The van der Waals surface area contributed by atoms with Gasteiger partial charge in [-0.25, -0.2) is 4.98 Å². The summed E-state index contributed by atoms with van der Waals surface area (Å²) in [5.74, 6) is 1.38. The van der Waals surface area contributed by atoms with Crippen LogP contribution in [0.2, 0.25) is 0 Å². The van der Waals surface area contributed by atoms with E-state index in [9.17, 15) is 0 Å². The fourth-order valence-corrected chi connectivity index (χ4v) is 1.56. The number of hydrogen-bond donors (Lipinski definition) is 1. The van der Waals surface area contributed by atoms with Crippen LogP contribution in [0.1, 0.15) is 5.56 Å². The average molecular weight is 191 g/mol. The van der Waals surface area contributed by atoms with Gasteiger partial charge in [-0.05, 0) is 18.6 Å². The maximum absolute atomic E-state index is 5.71. The lowest BCUT2D eigenvalue weighted by atomic mass is 10.2. The summed E-state index contributed by atoms with van der Waals surface area (Å²) in [4.78, 5) is 4.23. The monoisotopic (exact) mass is 191 g/mol. The third-order valence-electron chi connectivity index (χ3n) is 2.43. The molecule has 0 saturated carbocycles. The fraction of sp³-hybridized carbons (Fsp3) is 0.300. The van der Waals surface area contributed by atoms with E-state index in [1.807, 2.05) is 30.7 Å². The molecule has 0 saturated heterocycles. The Kier molecular flexibility index (Phi) is 1.84. The molecule has 1 aromatic carbocycles. The van der Waals surface area contributed by atoms with E-state index in [-0.39, 0.29) is 0 Å². The van der Waals surface area contributed by atoms with E-state index < -0.39 is 0 Å². The van der Waals surface area contributed by atoms with E-state index in [0.717, 1.165) is 22.3 Å². The zero-order chi connectivity index (χ0) is 10.3. The second-order valence-electron chi connectivity index (χ2n) is 3.34. The number of benzene rings is 1. The van der Waals surface area contributed by atoms with Gasteiger partial charge in [0.1, 0.15) is 5.75 Å². The number of nitrogens with two attached hydrogens (primary N) is 1. The van der Waals surface area contributed by atoms with Crippen LogP contribution in [0.5, 0.6) is 5.75 Å². The van der Waals surface area contributed by atoms with Crippen molar-refractivity contribution in [3.05, 3.63) is 17.7 Å². The number of aryl methyl sites for hydroxylation is 2. The Balaban J connectivity index is 2.80. The maximum atomic E-state index is 5.71. The molecule has 1 aromatic heterocycles. The number of rotatable bonds is 1. The van der Waals surface area contributed by atoms with Crippen molar-refractivity contribution in [1.29, 1.82) is 0 Å². The average Bonchev–Trinajstić information content (AvgIpc) is 2.41. The minimum atomic E-state index is 0.521. The first-order chi connectivity index (χ1) is 6.63. The molecule has 2 N–H and O–H groups in total. The van der Waals surface area contributed by atoms with Gasteiger partial charge >= 0.3 is 0 Å². The predicted octanol–water partition coefficient (Wildman–Crippen LogP) is 1.47. The van der Waals surface area contributed by atoms with Gasteiger partial charge in [0.05, 0.1) is 18.1 Å². The number of anilines is 1. The van der Waals surface area contributed by atoms with Crippen molar-refractivity contribution in [2.24, 2.45) is 7.05 Å². The van der Waals surface area contributed by atoms with Gasteiger partial charge in [0.2, 0.25) is 5.95 Å². The Morgan fingerprint density at radius 3 is 2.79 bits per heavy atom. The van der Waals surface area contributed by atoms with Crippen LogP contribution in [0.15, 0.2) is 12.1 Å². The molecule has 1 heterocycles. The topological polar surface area (TPSA) is 53.1 Å². The number of imidazole rings is 1. The molecule has 74 valence electrons. The second-order valence-corrected chi connectivity index (χ2v) is 3.34. The summed E-state index contributed by atoms with van der Waals surface area (Å²) in [6.07, 6.45) is 0. The van der Waals surface area contributed by atoms with Gasteiger partial charge in [-0.1, -0.05) is 0 Å². The molecule has 0 fully saturated rings. The standard InChI is InChI=1S/C10H13N3O/c1-6-4-7-8(5-9(6)14-3)13(2)10(11)12-7/h4-5H,1-3H3,(H2,11,12). The van der Waals surface area contributed by atoms with Gasteiger partial charge in [-0.3, -0.25) is 0 Å². The van der Waals surface area contributed by atoms with Gasteiger partial charge in [0.25, 0.3) is 0 Å². The number of aromatic nitrogens is 2. The van der Waals surface area contributed by atoms with Crippen molar-refractivity contribution in [3.63, 3.8) is 0 Å². The van der Waals surface area contributed by atoms with Crippen LogP contribution in [0.4, 0.5) is 5.95 Å². The number of hydrogen-bond acceptors (Lipinski definition) is 3. The van der Waals surface area contributed by atoms with Crippen molar-refractivity contribution in [1.82, 2.24) is 9.55 Å². The molecular weight excluding hydrogens is 178 g/mol. The van der Waals surface area contributed by atoms with Gasteiger partial charge in [-0.2, -0.15) is 0 Å². The number of nitrogen functional groups attached to an aromatic ring is 1. The molecule has 2 aromatic rings. The molecule has 0 radical (unpaired) electrons. The lowest BCUT2D eigenvalue weighted by Gasteiger charge is -2.04. The van der Waals surface area contributed by atoms with Crippen LogP contribution in [-0.4, -0.2) is 16.7 Å². The molecule has 0 unspecified atom stereocenters. The first-order valence-electron chi connectivity index (χ1n) is 4.40. The minimum Gasteiger partial charge on any atom is -0.496 e. The lowest BCUT2D eigenvalue weighted by molar-refractivity contribution is 0.412. The summed E-state index contributed by atoms with van der Waals surface area (Å²) >= 11 is 0. The van der Waals surface area contributed by atoms with E-state index in [0.29, 0.717) is 5.95 Å². The zero-order valence-corrected chi connectivity index (χ0v) is 8.53. The van der Waals surface area contributed by atoms with Crippen molar-refractivity contribution < 1.29 is 4.74 Å². The van der Waals surface area contributed by atoms with Gasteiger partial charge in [-0.15, -0.1) is 0 Å². The highest BCUT2D eigenvalue weighted by molar-refractivity contribution is 5.81. The number of fused-ring (bicyclic) bond motifs is 1. The summed E-state index contributed by atoms with van der Waals surface area (Å²) in [5, 5.41) is 0. The second kappa shape index (κ2) is 2.90. The summed E-state index contributed by atoms with van der Waals surface area (Å²) in [6.45, 7) is 1.99. The number of methoxy groups -OCH3 is 1. The van der Waals surface area contributed by atoms with E-state index in [1.54, 1.807) is 7.11 Å². The third-order valence-corrected chi connectivity index (χ3v) is 2.43. The molecule has 0 aliphatic heterocycles. The lowest BCUT2D eigenvalue weighted by Crippen LogP contribution is -1.96. The Bertz CT molecular complexity index is 488. The Labute approximate surface area is 82.3 Å². The van der Waals surface area contributed by atoms with Crippen LogP contribution in [0, 0.1) is 6.92 Å². The molecule has 0 atom stereocenters. The highest BCUT2D eigenvalue weighted by Gasteiger charge is 2.08. The molecule has 14 heavy (non-hydrogen) atoms. The van der Waals surface area contributed by atoms with E-state index in [1.165, 1.54) is 0 Å². The molecule has 2 rings (SSSR count).